The molecule has 1 N–H and O–H groups in total. The molecular weight excluding hydrogens is 326 g/mol. The molecule has 3 rings (SSSR count). The molecule has 24 heavy (non-hydrogen) atoms. The van der Waals surface area contributed by atoms with E-state index in [9.17, 15) is 13.2 Å². The Balaban J connectivity index is 1.63. The lowest BCUT2D eigenvalue weighted by atomic mass is 10.2. The monoisotopic (exact) mass is 347 g/mol. The maximum absolute atomic E-state index is 12.7. The van der Waals surface area contributed by atoms with E-state index in [4.69, 9.17) is 0 Å². The van der Waals surface area contributed by atoms with Crippen molar-refractivity contribution in [2.24, 2.45) is 0 Å². The van der Waals surface area contributed by atoms with E-state index in [1.807, 2.05) is 19.1 Å². The molecule has 0 spiro atoms. The molecule has 0 radical (unpaired) electrons. The zero-order chi connectivity index (χ0) is 17.2. The van der Waals surface area contributed by atoms with Gasteiger partial charge in [-0.15, -0.1) is 0 Å². The number of nitrogens with one attached hydrogen (secondary N) is 1. The molecular formula is C17H21N3O3S. The van der Waals surface area contributed by atoms with Crippen LogP contribution in [-0.4, -0.2) is 48.8 Å². The quantitative estimate of drug-likeness (QED) is 0.902. The smallest absolute Gasteiger partial charge is 0.247 e. The van der Waals surface area contributed by atoms with E-state index in [-0.39, 0.29) is 5.56 Å². The molecule has 0 atom stereocenters. The lowest BCUT2D eigenvalue weighted by molar-refractivity contribution is 0.181. The fraction of sp³-hybridized carbons (Fsp3) is 0.353. The maximum atomic E-state index is 12.7. The van der Waals surface area contributed by atoms with Crippen molar-refractivity contribution in [1.82, 2.24) is 14.2 Å². The predicted molar refractivity (Wildman–Crippen MR) is 92.3 cm³/mol. The summed E-state index contributed by atoms with van der Waals surface area (Å²) in [6, 6.07) is 10.3. The number of piperazine rings is 1. The molecule has 128 valence electrons. The van der Waals surface area contributed by atoms with Crippen LogP contribution in [0, 0.1) is 6.92 Å². The van der Waals surface area contributed by atoms with Crippen molar-refractivity contribution in [2.45, 2.75) is 18.4 Å². The first-order valence-corrected chi connectivity index (χ1v) is 9.36. The van der Waals surface area contributed by atoms with Crippen LogP contribution in [0.2, 0.25) is 0 Å². The van der Waals surface area contributed by atoms with E-state index in [1.165, 1.54) is 6.07 Å². The second kappa shape index (κ2) is 6.88. The van der Waals surface area contributed by atoms with Crippen LogP contribution in [0.3, 0.4) is 0 Å². The van der Waals surface area contributed by atoms with Crippen LogP contribution in [0.1, 0.15) is 11.1 Å². The second-order valence-electron chi connectivity index (χ2n) is 6.05. The number of H-pyrrole nitrogens is 1. The number of hydrogen-bond acceptors (Lipinski definition) is 4. The number of aromatic nitrogens is 1. The third-order valence-electron chi connectivity index (χ3n) is 4.24. The minimum Gasteiger partial charge on any atom is -0.329 e. The minimum atomic E-state index is -3.42. The highest BCUT2D eigenvalue weighted by Gasteiger charge is 2.28. The number of sulfonamides is 1. The van der Waals surface area contributed by atoms with Crippen LogP contribution in [0.25, 0.3) is 0 Å². The molecule has 0 unspecified atom stereocenters. The summed E-state index contributed by atoms with van der Waals surface area (Å²) in [5.74, 6) is 0. The Morgan fingerprint density at radius 3 is 2.25 bits per heavy atom. The molecule has 2 heterocycles. The highest BCUT2D eigenvalue weighted by Crippen LogP contribution is 2.18. The number of nitrogens with zero attached hydrogens (tertiary/aromatic N) is 2. The fourth-order valence-corrected chi connectivity index (χ4v) is 4.21. The van der Waals surface area contributed by atoms with Crippen molar-refractivity contribution >= 4 is 10.0 Å². The number of pyridine rings is 1. The third kappa shape index (κ3) is 3.75. The lowest BCUT2D eigenvalue weighted by Gasteiger charge is -2.34. The first-order chi connectivity index (χ1) is 11.4. The highest BCUT2D eigenvalue weighted by molar-refractivity contribution is 7.89. The van der Waals surface area contributed by atoms with Gasteiger partial charge in [0.15, 0.2) is 0 Å². The number of aromatic amines is 1. The maximum Gasteiger partial charge on any atom is 0.247 e. The molecule has 1 aromatic carbocycles. The second-order valence-corrected chi connectivity index (χ2v) is 7.99. The lowest BCUT2D eigenvalue weighted by Crippen LogP contribution is -2.48. The van der Waals surface area contributed by atoms with Crippen molar-refractivity contribution in [3.05, 3.63) is 64.1 Å². The highest BCUT2D eigenvalue weighted by atomic mass is 32.2. The molecule has 0 aliphatic carbocycles. The molecule has 0 bridgehead atoms. The van der Waals surface area contributed by atoms with E-state index < -0.39 is 10.0 Å². The molecule has 1 saturated heterocycles. The first-order valence-electron chi connectivity index (χ1n) is 7.92. The van der Waals surface area contributed by atoms with Gasteiger partial charge in [0, 0.05) is 45.0 Å². The molecule has 6 nitrogen and oxygen atoms in total. The predicted octanol–water partition coefficient (Wildman–Crippen LogP) is 1.19. The Morgan fingerprint density at radius 2 is 1.67 bits per heavy atom. The summed E-state index contributed by atoms with van der Waals surface area (Å²) in [6.45, 7) is 4.93. The van der Waals surface area contributed by atoms with Gasteiger partial charge in [-0.25, -0.2) is 8.42 Å². The van der Waals surface area contributed by atoms with Crippen molar-refractivity contribution < 1.29 is 8.42 Å². The molecule has 7 heteroatoms. The topological polar surface area (TPSA) is 73.5 Å². The minimum absolute atomic E-state index is 0.118. The summed E-state index contributed by atoms with van der Waals surface area (Å²) in [7, 11) is -3.42. The number of benzene rings is 1. The van der Waals surface area contributed by atoms with Gasteiger partial charge in [-0.1, -0.05) is 23.8 Å². The Morgan fingerprint density at radius 1 is 1.00 bits per heavy atom. The summed E-state index contributed by atoms with van der Waals surface area (Å²) < 4.78 is 26.9. The van der Waals surface area contributed by atoms with Crippen LogP contribution in [-0.2, 0) is 16.6 Å². The van der Waals surface area contributed by atoms with Gasteiger partial charge in [0.1, 0.15) is 0 Å². The molecule has 1 aliphatic heterocycles. The standard InChI is InChI=1S/C17H21N3O3S/c1-14-2-5-16(6-3-14)24(22,23)20-10-8-19(9-11-20)13-15-4-7-17(21)18-12-15/h2-7,12H,8-11,13H2,1H3,(H,18,21). The average Bonchev–Trinajstić information content (AvgIpc) is 2.58. The molecule has 1 aromatic heterocycles. The van der Waals surface area contributed by atoms with Crippen LogP contribution in [0.5, 0.6) is 0 Å². The Kier molecular flexibility index (Phi) is 4.84. The van der Waals surface area contributed by atoms with Crippen LogP contribution in [0.4, 0.5) is 0 Å². The Hall–Kier alpha value is -1.96. The summed E-state index contributed by atoms with van der Waals surface area (Å²) in [5.41, 5.74) is 1.94. The zero-order valence-electron chi connectivity index (χ0n) is 13.6. The van der Waals surface area contributed by atoms with Gasteiger partial charge in [0.25, 0.3) is 0 Å². The first kappa shape index (κ1) is 16.9. The summed E-state index contributed by atoms with van der Waals surface area (Å²) >= 11 is 0. The van der Waals surface area contributed by atoms with Crippen molar-refractivity contribution in [2.75, 3.05) is 26.2 Å². The van der Waals surface area contributed by atoms with E-state index in [2.05, 4.69) is 9.88 Å². The SMILES string of the molecule is Cc1ccc(S(=O)(=O)N2CCN(Cc3ccc(=O)[nH]c3)CC2)cc1. The summed E-state index contributed by atoms with van der Waals surface area (Å²) in [6.07, 6.45) is 1.71. The van der Waals surface area contributed by atoms with Crippen molar-refractivity contribution in [3.63, 3.8) is 0 Å². The van der Waals surface area contributed by atoms with E-state index in [1.54, 1.807) is 28.7 Å². The molecule has 0 amide bonds. The number of aryl methyl sites for hydroxylation is 1. The van der Waals surface area contributed by atoms with Gasteiger partial charge in [-0.05, 0) is 24.6 Å². The zero-order valence-corrected chi connectivity index (χ0v) is 14.4. The van der Waals surface area contributed by atoms with Crippen LogP contribution in [0.15, 0.2) is 52.3 Å². The molecule has 2 aromatic rings. The van der Waals surface area contributed by atoms with Crippen molar-refractivity contribution in [3.8, 4) is 0 Å². The van der Waals surface area contributed by atoms with Gasteiger partial charge in [0.05, 0.1) is 4.90 Å². The van der Waals surface area contributed by atoms with Gasteiger partial charge in [-0.3, -0.25) is 9.69 Å². The van der Waals surface area contributed by atoms with E-state index in [0.717, 1.165) is 11.1 Å². The van der Waals surface area contributed by atoms with Crippen LogP contribution < -0.4 is 5.56 Å². The third-order valence-corrected chi connectivity index (χ3v) is 6.16. The summed E-state index contributed by atoms with van der Waals surface area (Å²) in [5, 5.41) is 0. The van der Waals surface area contributed by atoms with E-state index in [0.29, 0.717) is 37.6 Å². The Bertz CT molecular complexity index is 831. The molecule has 0 saturated carbocycles. The van der Waals surface area contributed by atoms with Gasteiger partial charge < -0.3 is 4.98 Å². The average molecular weight is 347 g/mol. The van der Waals surface area contributed by atoms with Crippen molar-refractivity contribution in [1.29, 1.82) is 0 Å². The fourth-order valence-electron chi connectivity index (χ4n) is 2.79. The Labute approximate surface area is 141 Å². The van der Waals surface area contributed by atoms with Gasteiger partial charge >= 0.3 is 0 Å². The number of rotatable bonds is 4. The van der Waals surface area contributed by atoms with Gasteiger partial charge in [-0.2, -0.15) is 4.31 Å². The summed E-state index contributed by atoms with van der Waals surface area (Å²) in [4.78, 5) is 16.3. The number of hydrogen-bond donors (Lipinski definition) is 1. The van der Waals surface area contributed by atoms with E-state index >= 15 is 0 Å². The molecule has 1 aliphatic rings. The van der Waals surface area contributed by atoms with Crippen LogP contribution >= 0.6 is 0 Å². The largest absolute Gasteiger partial charge is 0.329 e. The molecule has 1 fully saturated rings. The normalized spacial score (nSPS) is 17.0. The van der Waals surface area contributed by atoms with Gasteiger partial charge in [0.2, 0.25) is 15.6 Å².